The van der Waals surface area contributed by atoms with E-state index in [0.717, 1.165) is 17.1 Å². The SMILES string of the molecule is c1ccc(-c2ccc(-c3c(-c4ccc(N(c5ccccc5)c5ccccc5)cc4)c4c5ccccc5sc4c4ccccc34)cc2)cc1. The highest BCUT2D eigenvalue weighted by atomic mass is 32.1. The minimum absolute atomic E-state index is 1.12. The summed E-state index contributed by atoms with van der Waals surface area (Å²) in [5.74, 6) is 0. The van der Waals surface area contributed by atoms with Crippen molar-refractivity contribution in [2.75, 3.05) is 4.90 Å². The van der Waals surface area contributed by atoms with E-state index in [1.54, 1.807) is 0 Å². The molecule has 226 valence electrons. The standard InChI is InChI=1S/C46H31NS/c1-4-14-32(15-5-1)33-24-26-34(27-25-33)43-39-20-10-11-21-40(39)46-45(41-22-12-13-23-42(41)48-46)44(43)35-28-30-38(31-29-35)47(36-16-6-2-7-17-36)37-18-8-3-9-19-37/h1-31H. The zero-order chi connectivity index (χ0) is 31.9. The Morgan fingerprint density at radius 1 is 0.312 bits per heavy atom. The number of anilines is 3. The number of nitrogens with zero attached hydrogens (tertiary/aromatic N) is 1. The van der Waals surface area contributed by atoms with E-state index in [1.807, 2.05) is 11.3 Å². The highest BCUT2D eigenvalue weighted by molar-refractivity contribution is 7.26. The number of hydrogen-bond donors (Lipinski definition) is 0. The van der Waals surface area contributed by atoms with Gasteiger partial charge in [-0.25, -0.2) is 0 Å². The molecule has 0 amide bonds. The van der Waals surface area contributed by atoms with Gasteiger partial charge in [0.2, 0.25) is 0 Å². The molecular weight excluding hydrogens is 599 g/mol. The summed E-state index contributed by atoms with van der Waals surface area (Å²) in [7, 11) is 0. The summed E-state index contributed by atoms with van der Waals surface area (Å²) in [5, 5.41) is 5.21. The van der Waals surface area contributed by atoms with E-state index in [9.17, 15) is 0 Å². The van der Waals surface area contributed by atoms with Gasteiger partial charge in [-0.05, 0) is 81.2 Å². The van der Waals surface area contributed by atoms with Crippen molar-refractivity contribution in [2.45, 2.75) is 0 Å². The molecule has 0 saturated carbocycles. The molecule has 0 bridgehead atoms. The molecule has 0 spiro atoms. The Morgan fingerprint density at radius 2 is 0.750 bits per heavy atom. The molecule has 0 aliphatic heterocycles. The fourth-order valence-electron chi connectivity index (χ4n) is 7.07. The Morgan fingerprint density at radius 3 is 1.40 bits per heavy atom. The van der Waals surface area contributed by atoms with Crippen LogP contribution in [0.25, 0.3) is 64.3 Å². The van der Waals surface area contributed by atoms with Gasteiger partial charge in [0.15, 0.2) is 0 Å². The summed E-state index contributed by atoms with van der Waals surface area (Å²) in [5.41, 5.74) is 10.8. The molecular formula is C46H31NS. The Balaban J connectivity index is 1.29. The van der Waals surface area contributed by atoms with Gasteiger partial charge in [0.05, 0.1) is 0 Å². The van der Waals surface area contributed by atoms with Crippen LogP contribution in [0.5, 0.6) is 0 Å². The molecule has 0 atom stereocenters. The van der Waals surface area contributed by atoms with Crippen LogP contribution in [0.4, 0.5) is 17.1 Å². The largest absolute Gasteiger partial charge is 0.311 e. The summed E-state index contributed by atoms with van der Waals surface area (Å²) < 4.78 is 2.65. The Labute approximate surface area is 284 Å². The minimum Gasteiger partial charge on any atom is -0.311 e. The van der Waals surface area contributed by atoms with E-state index in [0.29, 0.717) is 0 Å². The topological polar surface area (TPSA) is 3.24 Å². The second-order valence-corrected chi connectivity index (χ2v) is 13.1. The molecule has 0 unspecified atom stereocenters. The van der Waals surface area contributed by atoms with Crippen LogP contribution in [0.3, 0.4) is 0 Å². The molecule has 0 aliphatic carbocycles. The van der Waals surface area contributed by atoms with E-state index in [4.69, 9.17) is 0 Å². The van der Waals surface area contributed by atoms with Gasteiger partial charge in [0, 0.05) is 42.6 Å². The van der Waals surface area contributed by atoms with E-state index in [2.05, 4.69) is 193 Å². The summed E-state index contributed by atoms with van der Waals surface area (Å²) in [6.45, 7) is 0. The number of hydrogen-bond acceptors (Lipinski definition) is 2. The van der Waals surface area contributed by atoms with Crippen molar-refractivity contribution < 1.29 is 0 Å². The van der Waals surface area contributed by atoms with Gasteiger partial charge in [-0.3, -0.25) is 0 Å². The van der Waals surface area contributed by atoms with Crippen molar-refractivity contribution in [3.8, 4) is 33.4 Å². The molecule has 1 heterocycles. The first kappa shape index (κ1) is 28.3. The molecule has 0 radical (unpaired) electrons. The van der Waals surface area contributed by atoms with Crippen LogP contribution in [-0.4, -0.2) is 0 Å². The fraction of sp³-hybridized carbons (Fsp3) is 0. The van der Waals surface area contributed by atoms with Crippen molar-refractivity contribution in [2.24, 2.45) is 0 Å². The predicted molar refractivity (Wildman–Crippen MR) is 208 cm³/mol. The molecule has 0 N–H and O–H groups in total. The van der Waals surface area contributed by atoms with Crippen LogP contribution in [-0.2, 0) is 0 Å². The van der Waals surface area contributed by atoms with E-state index in [1.165, 1.54) is 64.3 Å². The third-order valence-electron chi connectivity index (χ3n) is 9.26. The number of fused-ring (bicyclic) bond motifs is 5. The lowest BCUT2D eigenvalue weighted by Gasteiger charge is -2.26. The lowest BCUT2D eigenvalue weighted by atomic mass is 9.86. The monoisotopic (exact) mass is 629 g/mol. The summed E-state index contributed by atoms with van der Waals surface area (Å²) in [6, 6.07) is 67.9. The first-order valence-corrected chi connectivity index (χ1v) is 17.2. The maximum absolute atomic E-state index is 2.32. The zero-order valence-electron chi connectivity index (χ0n) is 26.3. The maximum atomic E-state index is 2.32. The van der Waals surface area contributed by atoms with E-state index < -0.39 is 0 Å². The van der Waals surface area contributed by atoms with Crippen molar-refractivity contribution in [3.05, 3.63) is 188 Å². The first-order chi connectivity index (χ1) is 23.8. The Kier molecular flexibility index (Phi) is 7.07. The van der Waals surface area contributed by atoms with Crippen molar-refractivity contribution in [1.29, 1.82) is 0 Å². The molecule has 0 fully saturated rings. The number of para-hydroxylation sites is 2. The van der Waals surface area contributed by atoms with Gasteiger partial charge in [0.1, 0.15) is 0 Å². The molecule has 8 aromatic carbocycles. The van der Waals surface area contributed by atoms with Crippen LogP contribution < -0.4 is 4.90 Å². The molecule has 9 rings (SSSR count). The third-order valence-corrected chi connectivity index (χ3v) is 10.5. The molecule has 0 saturated heterocycles. The maximum Gasteiger partial charge on any atom is 0.0462 e. The number of thiophene rings is 1. The summed E-state index contributed by atoms with van der Waals surface area (Å²) in [4.78, 5) is 2.32. The van der Waals surface area contributed by atoms with E-state index in [-0.39, 0.29) is 0 Å². The number of rotatable bonds is 6. The minimum atomic E-state index is 1.12. The van der Waals surface area contributed by atoms with Crippen LogP contribution in [0.2, 0.25) is 0 Å². The van der Waals surface area contributed by atoms with Crippen LogP contribution in [0.1, 0.15) is 0 Å². The van der Waals surface area contributed by atoms with Gasteiger partial charge in [0.25, 0.3) is 0 Å². The Bertz CT molecular complexity index is 2480. The fourth-order valence-corrected chi connectivity index (χ4v) is 8.32. The van der Waals surface area contributed by atoms with Gasteiger partial charge in [-0.15, -0.1) is 11.3 Å². The average Bonchev–Trinajstić information content (AvgIpc) is 3.56. The summed E-state index contributed by atoms with van der Waals surface area (Å²) in [6.07, 6.45) is 0. The van der Waals surface area contributed by atoms with Crippen molar-refractivity contribution >= 4 is 59.3 Å². The molecule has 2 heteroatoms. The second-order valence-electron chi connectivity index (χ2n) is 12.1. The average molecular weight is 630 g/mol. The number of benzene rings is 8. The van der Waals surface area contributed by atoms with Crippen LogP contribution >= 0.6 is 11.3 Å². The molecule has 0 aliphatic rings. The summed E-state index contributed by atoms with van der Waals surface area (Å²) >= 11 is 1.90. The normalized spacial score (nSPS) is 11.3. The smallest absolute Gasteiger partial charge is 0.0462 e. The first-order valence-electron chi connectivity index (χ1n) is 16.4. The van der Waals surface area contributed by atoms with Gasteiger partial charge in [-0.2, -0.15) is 0 Å². The Hall–Kier alpha value is -5.96. The second kappa shape index (κ2) is 12.0. The predicted octanol–water partition coefficient (Wildman–Crippen LogP) is 13.7. The molecule has 1 aromatic heterocycles. The quantitative estimate of drug-likeness (QED) is 0.177. The van der Waals surface area contributed by atoms with Crippen molar-refractivity contribution in [3.63, 3.8) is 0 Å². The lowest BCUT2D eigenvalue weighted by molar-refractivity contribution is 1.28. The zero-order valence-corrected chi connectivity index (χ0v) is 27.1. The molecule has 48 heavy (non-hydrogen) atoms. The van der Waals surface area contributed by atoms with Crippen molar-refractivity contribution in [1.82, 2.24) is 0 Å². The third kappa shape index (κ3) is 4.86. The van der Waals surface area contributed by atoms with Gasteiger partial charge in [-0.1, -0.05) is 146 Å². The van der Waals surface area contributed by atoms with Gasteiger partial charge < -0.3 is 4.90 Å². The van der Waals surface area contributed by atoms with Crippen LogP contribution in [0, 0.1) is 0 Å². The lowest BCUT2D eigenvalue weighted by Crippen LogP contribution is -2.09. The van der Waals surface area contributed by atoms with E-state index >= 15 is 0 Å². The highest BCUT2D eigenvalue weighted by Gasteiger charge is 2.22. The molecule has 1 nitrogen and oxygen atoms in total. The van der Waals surface area contributed by atoms with Gasteiger partial charge >= 0.3 is 0 Å². The highest BCUT2D eigenvalue weighted by Crippen LogP contribution is 2.50. The van der Waals surface area contributed by atoms with Crippen LogP contribution in [0.15, 0.2) is 188 Å². The molecule has 9 aromatic rings.